The number of piperazine rings is 1. The quantitative estimate of drug-likeness (QED) is 0.729. The minimum Gasteiger partial charge on any atom is -0.484 e. The zero-order valence-electron chi connectivity index (χ0n) is 16.7. The first-order valence-electron chi connectivity index (χ1n) is 9.56. The molecule has 1 amide bonds. The van der Waals surface area contributed by atoms with E-state index in [1.807, 2.05) is 62.4 Å². The standard InChI is InChI=1S/C22H26N2O4S/c1-18-8-9-21(19(2)16-18)28-17-22(25)23-11-13-24(14-12-23)29(26,27)15-10-20-6-4-3-5-7-20/h3-10,15-16H,11-14,17H2,1-2H3/b15-10+. The van der Waals surface area contributed by atoms with E-state index in [0.717, 1.165) is 16.7 Å². The van der Waals surface area contributed by atoms with E-state index in [9.17, 15) is 13.2 Å². The summed E-state index contributed by atoms with van der Waals surface area (Å²) in [5.74, 6) is 0.554. The minimum atomic E-state index is -3.51. The molecular weight excluding hydrogens is 388 g/mol. The van der Waals surface area contributed by atoms with Gasteiger partial charge in [-0.25, -0.2) is 8.42 Å². The molecule has 0 atom stereocenters. The summed E-state index contributed by atoms with van der Waals surface area (Å²) in [6, 6.07) is 15.1. The Hall–Kier alpha value is -2.64. The Bertz CT molecular complexity index is 979. The average molecular weight is 415 g/mol. The smallest absolute Gasteiger partial charge is 0.260 e. The average Bonchev–Trinajstić information content (AvgIpc) is 2.72. The number of nitrogens with zero attached hydrogens (tertiary/aromatic N) is 2. The Balaban J connectivity index is 1.51. The third kappa shape index (κ3) is 5.68. The molecule has 1 aliphatic rings. The van der Waals surface area contributed by atoms with Crippen molar-refractivity contribution in [2.75, 3.05) is 32.8 Å². The van der Waals surface area contributed by atoms with Crippen molar-refractivity contribution in [2.24, 2.45) is 0 Å². The molecule has 3 rings (SSSR count). The number of carbonyl (C=O) groups is 1. The fraction of sp³-hybridized carbons (Fsp3) is 0.318. The molecule has 1 heterocycles. The number of sulfonamides is 1. The van der Waals surface area contributed by atoms with Gasteiger partial charge in [-0.2, -0.15) is 4.31 Å². The molecule has 0 radical (unpaired) electrons. The van der Waals surface area contributed by atoms with Crippen LogP contribution in [0.1, 0.15) is 16.7 Å². The van der Waals surface area contributed by atoms with E-state index in [0.29, 0.717) is 18.8 Å². The molecule has 7 heteroatoms. The molecule has 0 aromatic heterocycles. The molecule has 6 nitrogen and oxygen atoms in total. The summed E-state index contributed by atoms with van der Waals surface area (Å²) in [5.41, 5.74) is 2.95. The van der Waals surface area contributed by atoms with Crippen LogP contribution in [0.2, 0.25) is 0 Å². The summed E-state index contributed by atoms with van der Waals surface area (Å²) in [6.45, 7) is 5.16. The van der Waals surface area contributed by atoms with Gasteiger partial charge in [-0.1, -0.05) is 48.0 Å². The molecule has 1 fully saturated rings. The van der Waals surface area contributed by atoms with Crippen LogP contribution in [-0.4, -0.2) is 56.3 Å². The summed E-state index contributed by atoms with van der Waals surface area (Å²) in [7, 11) is -3.51. The number of amides is 1. The maximum absolute atomic E-state index is 12.5. The topological polar surface area (TPSA) is 66.9 Å². The fourth-order valence-electron chi connectivity index (χ4n) is 3.20. The van der Waals surface area contributed by atoms with Crippen LogP contribution in [0.15, 0.2) is 53.9 Å². The lowest BCUT2D eigenvalue weighted by atomic mass is 10.1. The van der Waals surface area contributed by atoms with E-state index in [4.69, 9.17) is 4.74 Å². The molecule has 0 unspecified atom stereocenters. The maximum Gasteiger partial charge on any atom is 0.260 e. The second-order valence-corrected chi connectivity index (χ2v) is 8.91. The van der Waals surface area contributed by atoms with Gasteiger partial charge in [-0.05, 0) is 37.1 Å². The van der Waals surface area contributed by atoms with Crippen LogP contribution in [0.4, 0.5) is 0 Å². The van der Waals surface area contributed by atoms with Crippen LogP contribution in [0, 0.1) is 13.8 Å². The summed E-state index contributed by atoms with van der Waals surface area (Å²) in [4.78, 5) is 14.1. The zero-order chi connectivity index (χ0) is 20.9. The molecule has 154 valence electrons. The molecule has 0 aliphatic carbocycles. The van der Waals surface area contributed by atoms with Gasteiger partial charge in [0.15, 0.2) is 6.61 Å². The van der Waals surface area contributed by atoms with E-state index in [1.165, 1.54) is 9.71 Å². The second kappa shape index (κ2) is 9.24. The number of carbonyl (C=O) groups excluding carboxylic acids is 1. The molecule has 0 spiro atoms. The van der Waals surface area contributed by atoms with Gasteiger partial charge in [-0.15, -0.1) is 0 Å². The van der Waals surface area contributed by atoms with Crippen molar-refractivity contribution in [2.45, 2.75) is 13.8 Å². The molecule has 0 bridgehead atoms. The SMILES string of the molecule is Cc1ccc(OCC(=O)N2CCN(S(=O)(=O)/C=C/c3ccccc3)CC2)c(C)c1. The van der Waals surface area contributed by atoms with Crippen molar-refractivity contribution in [3.8, 4) is 5.75 Å². The van der Waals surface area contributed by atoms with Crippen molar-refractivity contribution in [3.63, 3.8) is 0 Å². The Labute approximate surface area is 172 Å². The number of ether oxygens (including phenoxy) is 1. The Morgan fingerprint density at radius 2 is 1.72 bits per heavy atom. The van der Waals surface area contributed by atoms with Gasteiger partial charge in [0.05, 0.1) is 0 Å². The number of hydrogen-bond acceptors (Lipinski definition) is 4. The second-order valence-electron chi connectivity index (χ2n) is 7.10. The lowest BCUT2D eigenvalue weighted by molar-refractivity contribution is -0.134. The number of hydrogen-bond donors (Lipinski definition) is 0. The van der Waals surface area contributed by atoms with Gasteiger partial charge >= 0.3 is 0 Å². The Kier molecular flexibility index (Phi) is 6.71. The van der Waals surface area contributed by atoms with Gasteiger partial charge in [-0.3, -0.25) is 4.79 Å². The van der Waals surface area contributed by atoms with Crippen molar-refractivity contribution in [3.05, 3.63) is 70.6 Å². The van der Waals surface area contributed by atoms with Gasteiger partial charge < -0.3 is 9.64 Å². The van der Waals surface area contributed by atoms with Crippen LogP contribution in [-0.2, 0) is 14.8 Å². The summed E-state index contributed by atoms with van der Waals surface area (Å²) in [6.07, 6.45) is 1.59. The van der Waals surface area contributed by atoms with Crippen molar-refractivity contribution in [1.82, 2.24) is 9.21 Å². The van der Waals surface area contributed by atoms with Crippen LogP contribution in [0.5, 0.6) is 5.75 Å². The van der Waals surface area contributed by atoms with E-state index in [2.05, 4.69) is 0 Å². The molecule has 0 saturated carbocycles. The number of aryl methyl sites for hydroxylation is 2. The fourth-order valence-corrected chi connectivity index (χ4v) is 4.37. The predicted molar refractivity (Wildman–Crippen MR) is 114 cm³/mol. The first-order valence-corrected chi connectivity index (χ1v) is 11.1. The van der Waals surface area contributed by atoms with Crippen molar-refractivity contribution in [1.29, 1.82) is 0 Å². The molecule has 1 saturated heterocycles. The minimum absolute atomic E-state index is 0.0510. The Morgan fingerprint density at radius 1 is 1.03 bits per heavy atom. The summed E-state index contributed by atoms with van der Waals surface area (Å²) in [5, 5.41) is 1.23. The maximum atomic E-state index is 12.5. The molecule has 2 aromatic rings. The molecular formula is C22H26N2O4S. The van der Waals surface area contributed by atoms with E-state index in [-0.39, 0.29) is 25.6 Å². The van der Waals surface area contributed by atoms with Crippen LogP contribution in [0.3, 0.4) is 0 Å². The van der Waals surface area contributed by atoms with E-state index in [1.54, 1.807) is 11.0 Å². The Morgan fingerprint density at radius 3 is 2.38 bits per heavy atom. The first-order chi connectivity index (χ1) is 13.8. The monoisotopic (exact) mass is 414 g/mol. The van der Waals surface area contributed by atoms with Gasteiger partial charge in [0.2, 0.25) is 10.0 Å². The molecule has 2 aromatic carbocycles. The number of benzene rings is 2. The van der Waals surface area contributed by atoms with Gasteiger partial charge in [0, 0.05) is 31.6 Å². The summed E-state index contributed by atoms with van der Waals surface area (Å²) < 4.78 is 32.1. The van der Waals surface area contributed by atoms with Crippen molar-refractivity contribution < 1.29 is 17.9 Å². The lowest BCUT2D eigenvalue weighted by Crippen LogP contribution is -2.51. The summed E-state index contributed by atoms with van der Waals surface area (Å²) >= 11 is 0. The lowest BCUT2D eigenvalue weighted by Gasteiger charge is -2.33. The van der Waals surface area contributed by atoms with Gasteiger partial charge in [0.25, 0.3) is 5.91 Å². The normalized spacial score (nSPS) is 15.6. The molecule has 1 aliphatic heterocycles. The van der Waals surface area contributed by atoms with Crippen LogP contribution >= 0.6 is 0 Å². The largest absolute Gasteiger partial charge is 0.484 e. The zero-order valence-corrected chi connectivity index (χ0v) is 17.6. The first kappa shape index (κ1) is 21.1. The van der Waals surface area contributed by atoms with Crippen LogP contribution < -0.4 is 4.74 Å². The third-order valence-electron chi connectivity index (χ3n) is 4.86. The van der Waals surface area contributed by atoms with E-state index >= 15 is 0 Å². The third-order valence-corrected chi connectivity index (χ3v) is 6.43. The predicted octanol–water partition coefficient (Wildman–Crippen LogP) is 2.83. The van der Waals surface area contributed by atoms with Crippen molar-refractivity contribution >= 4 is 22.0 Å². The highest BCUT2D eigenvalue weighted by molar-refractivity contribution is 7.92. The molecule has 0 N–H and O–H groups in total. The molecule has 29 heavy (non-hydrogen) atoms. The van der Waals surface area contributed by atoms with Gasteiger partial charge in [0.1, 0.15) is 5.75 Å². The number of rotatable bonds is 6. The van der Waals surface area contributed by atoms with Crippen LogP contribution in [0.25, 0.3) is 6.08 Å². The highest BCUT2D eigenvalue weighted by Crippen LogP contribution is 2.19. The highest BCUT2D eigenvalue weighted by atomic mass is 32.2. The van der Waals surface area contributed by atoms with E-state index < -0.39 is 10.0 Å². The highest BCUT2D eigenvalue weighted by Gasteiger charge is 2.27.